The Bertz CT molecular complexity index is 186. The maximum Gasteiger partial charge on any atom is 0.0757 e. The number of likely N-dealkylation sites (N-methyl/N-ethyl adjacent to an activating group) is 1. The number of nitrogens with one attached hydrogen (secondary N) is 1. The molecule has 0 aromatic carbocycles. The fourth-order valence-corrected chi connectivity index (χ4v) is 2.76. The Morgan fingerprint density at radius 3 is 2.79 bits per heavy atom. The maximum absolute atomic E-state index is 9.95. The summed E-state index contributed by atoms with van der Waals surface area (Å²) < 4.78 is 5.98. The normalized spacial score (nSPS) is 44.1. The molecule has 0 saturated carbocycles. The van der Waals surface area contributed by atoms with E-state index in [0.29, 0.717) is 6.10 Å². The van der Waals surface area contributed by atoms with Crippen molar-refractivity contribution >= 4 is 0 Å². The van der Waals surface area contributed by atoms with Gasteiger partial charge in [-0.15, -0.1) is 0 Å². The number of aliphatic hydroxyl groups excluding tert-OH is 1. The number of hydrogen-bond donors (Lipinski definition) is 2. The van der Waals surface area contributed by atoms with Crippen molar-refractivity contribution in [2.45, 2.75) is 62.9 Å². The monoisotopic (exact) mass is 199 g/mol. The largest absolute Gasteiger partial charge is 0.391 e. The summed E-state index contributed by atoms with van der Waals surface area (Å²) in [5.41, 5.74) is 0. The van der Waals surface area contributed by atoms with Gasteiger partial charge in [0, 0.05) is 6.42 Å². The van der Waals surface area contributed by atoms with E-state index in [1.54, 1.807) is 0 Å². The van der Waals surface area contributed by atoms with E-state index in [1.165, 1.54) is 19.3 Å². The summed E-state index contributed by atoms with van der Waals surface area (Å²) in [4.78, 5) is 0. The maximum atomic E-state index is 9.95. The highest BCUT2D eigenvalue weighted by Crippen LogP contribution is 2.29. The van der Waals surface area contributed by atoms with E-state index in [4.69, 9.17) is 4.74 Å². The molecule has 3 heteroatoms. The molecule has 2 N–H and O–H groups in total. The van der Waals surface area contributed by atoms with E-state index >= 15 is 0 Å². The Labute approximate surface area is 85.8 Å². The average Bonchev–Trinajstić information content (AvgIpc) is 2.13. The van der Waals surface area contributed by atoms with Crippen molar-refractivity contribution in [3.8, 4) is 0 Å². The predicted molar refractivity (Wildman–Crippen MR) is 55.2 cm³/mol. The molecule has 4 atom stereocenters. The number of ether oxygens (including phenoxy) is 1. The van der Waals surface area contributed by atoms with Crippen LogP contribution < -0.4 is 5.32 Å². The first-order chi connectivity index (χ1) is 6.81. The third-order valence-electron chi connectivity index (χ3n) is 3.53. The van der Waals surface area contributed by atoms with Gasteiger partial charge in [-0.25, -0.2) is 0 Å². The second-order valence-electron chi connectivity index (χ2n) is 4.55. The fraction of sp³-hybridized carbons (Fsp3) is 1.00. The van der Waals surface area contributed by atoms with Gasteiger partial charge in [0.05, 0.1) is 24.4 Å². The molecular weight excluding hydrogens is 178 g/mol. The minimum Gasteiger partial charge on any atom is -0.391 e. The van der Waals surface area contributed by atoms with Crippen LogP contribution in [0.15, 0.2) is 0 Å². The van der Waals surface area contributed by atoms with E-state index in [-0.39, 0.29) is 18.2 Å². The zero-order chi connectivity index (χ0) is 9.97. The van der Waals surface area contributed by atoms with Crippen molar-refractivity contribution in [2.24, 2.45) is 0 Å². The molecule has 3 nitrogen and oxygen atoms in total. The molecule has 82 valence electrons. The van der Waals surface area contributed by atoms with Crippen LogP contribution in [-0.4, -0.2) is 36.5 Å². The third-order valence-corrected chi connectivity index (χ3v) is 3.53. The summed E-state index contributed by atoms with van der Waals surface area (Å²) in [5, 5.41) is 13.1. The van der Waals surface area contributed by atoms with Gasteiger partial charge in [0.25, 0.3) is 0 Å². The number of aliphatic hydroxyl groups is 1. The fourth-order valence-electron chi connectivity index (χ4n) is 2.76. The van der Waals surface area contributed by atoms with Crippen LogP contribution in [0.1, 0.15) is 38.5 Å². The molecule has 2 aliphatic rings. The Balaban J connectivity index is 2.03. The molecule has 0 spiro atoms. The van der Waals surface area contributed by atoms with Crippen LogP contribution in [0.4, 0.5) is 0 Å². The molecule has 0 aromatic rings. The quantitative estimate of drug-likeness (QED) is 0.663. The first kappa shape index (κ1) is 10.4. The van der Waals surface area contributed by atoms with Crippen LogP contribution in [-0.2, 0) is 4.74 Å². The van der Waals surface area contributed by atoms with Crippen LogP contribution in [0.2, 0.25) is 0 Å². The molecule has 2 aliphatic heterocycles. The van der Waals surface area contributed by atoms with Crippen molar-refractivity contribution in [1.82, 2.24) is 5.32 Å². The summed E-state index contributed by atoms with van der Waals surface area (Å²) >= 11 is 0. The summed E-state index contributed by atoms with van der Waals surface area (Å²) in [6.07, 6.45) is 7.17. The van der Waals surface area contributed by atoms with Gasteiger partial charge in [-0.05, 0) is 19.9 Å². The van der Waals surface area contributed by atoms with Gasteiger partial charge in [-0.1, -0.05) is 19.3 Å². The Hall–Kier alpha value is -0.120. The molecule has 4 unspecified atom stereocenters. The summed E-state index contributed by atoms with van der Waals surface area (Å²) in [6, 6.07) is 0.143. The smallest absolute Gasteiger partial charge is 0.0757 e. The van der Waals surface area contributed by atoms with Gasteiger partial charge in [-0.3, -0.25) is 0 Å². The molecule has 14 heavy (non-hydrogen) atoms. The van der Waals surface area contributed by atoms with Gasteiger partial charge in [0.15, 0.2) is 0 Å². The molecule has 2 heterocycles. The standard InChI is InChI=1S/C11H21NO2/c1-12-11-9(13)7-8-5-3-2-4-6-10(11)14-8/h8-13H,2-7H2,1H3. The highest BCUT2D eigenvalue weighted by molar-refractivity contribution is 4.90. The molecule has 0 amide bonds. The molecular formula is C11H21NO2. The Kier molecular flexibility index (Phi) is 3.42. The van der Waals surface area contributed by atoms with Crippen LogP contribution in [0.25, 0.3) is 0 Å². The number of hydrogen-bond acceptors (Lipinski definition) is 3. The number of fused-ring (bicyclic) bond motifs is 2. The highest BCUT2D eigenvalue weighted by atomic mass is 16.5. The zero-order valence-electron chi connectivity index (χ0n) is 8.91. The van der Waals surface area contributed by atoms with Crippen LogP contribution >= 0.6 is 0 Å². The SMILES string of the molecule is CNC1C(O)CC2CCCCCC1O2. The van der Waals surface area contributed by atoms with E-state index in [9.17, 15) is 5.11 Å². The Morgan fingerprint density at radius 1 is 1.21 bits per heavy atom. The lowest BCUT2D eigenvalue weighted by atomic mass is 9.88. The number of rotatable bonds is 1. The second-order valence-corrected chi connectivity index (χ2v) is 4.55. The summed E-state index contributed by atoms with van der Waals surface area (Å²) in [6.45, 7) is 0. The molecule has 2 fully saturated rings. The van der Waals surface area contributed by atoms with E-state index in [2.05, 4.69) is 5.32 Å². The van der Waals surface area contributed by atoms with Crippen molar-refractivity contribution < 1.29 is 9.84 Å². The topological polar surface area (TPSA) is 41.5 Å². The van der Waals surface area contributed by atoms with Gasteiger partial charge in [-0.2, -0.15) is 0 Å². The lowest BCUT2D eigenvalue weighted by molar-refractivity contribution is -0.125. The summed E-state index contributed by atoms with van der Waals surface area (Å²) in [7, 11) is 1.91. The van der Waals surface area contributed by atoms with Gasteiger partial charge < -0.3 is 15.2 Å². The second kappa shape index (κ2) is 4.60. The van der Waals surface area contributed by atoms with Crippen molar-refractivity contribution in [3.05, 3.63) is 0 Å². The van der Waals surface area contributed by atoms with E-state index in [1.807, 2.05) is 7.05 Å². The summed E-state index contributed by atoms with van der Waals surface area (Å²) in [5.74, 6) is 0. The van der Waals surface area contributed by atoms with Crippen LogP contribution in [0, 0.1) is 0 Å². The Morgan fingerprint density at radius 2 is 2.00 bits per heavy atom. The third kappa shape index (κ3) is 2.10. The minimum absolute atomic E-state index is 0.143. The molecule has 2 saturated heterocycles. The molecule has 0 aromatic heterocycles. The predicted octanol–water partition coefficient (Wildman–Crippen LogP) is 1.06. The average molecular weight is 199 g/mol. The molecule has 0 aliphatic carbocycles. The molecule has 2 rings (SSSR count). The minimum atomic E-state index is -0.221. The zero-order valence-corrected chi connectivity index (χ0v) is 8.91. The molecule has 2 bridgehead atoms. The highest BCUT2D eigenvalue weighted by Gasteiger charge is 2.36. The van der Waals surface area contributed by atoms with Crippen LogP contribution in [0.5, 0.6) is 0 Å². The van der Waals surface area contributed by atoms with Crippen molar-refractivity contribution in [2.75, 3.05) is 7.05 Å². The lowest BCUT2D eigenvalue weighted by Crippen LogP contribution is -2.54. The lowest BCUT2D eigenvalue weighted by Gasteiger charge is -2.41. The van der Waals surface area contributed by atoms with Crippen molar-refractivity contribution in [1.29, 1.82) is 0 Å². The van der Waals surface area contributed by atoms with Gasteiger partial charge >= 0.3 is 0 Å². The van der Waals surface area contributed by atoms with E-state index < -0.39 is 0 Å². The first-order valence-corrected chi connectivity index (χ1v) is 5.82. The van der Waals surface area contributed by atoms with E-state index in [0.717, 1.165) is 19.3 Å². The van der Waals surface area contributed by atoms with Gasteiger partial charge in [0.1, 0.15) is 0 Å². The molecule has 0 radical (unpaired) electrons. The van der Waals surface area contributed by atoms with Gasteiger partial charge in [0.2, 0.25) is 0 Å². The van der Waals surface area contributed by atoms with Crippen molar-refractivity contribution in [3.63, 3.8) is 0 Å². The first-order valence-electron chi connectivity index (χ1n) is 5.82. The van der Waals surface area contributed by atoms with Crippen LogP contribution in [0.3, 0.4) is 0 Å².